The standard InChI is InChI=1S/C24H19Br2N3O5S/c25-18-9-15(10-19(26)22(18)34-14-17-4-2-1-3-16(17)12-27)11-20-23(31)29(24(32)35-20)13-21(30)28-5-7-33-8-6-28/h1-4,9-11H,5-8,13-14H2/b20-11+. The van der Waals surface area contributed by atoms with Crippen LogP contribution in [0.15, 0.2) is 50.2 Å². The lowest BCUT2D eigenvalue weighted by atomic mass is 10.1. The van der Waals surface area contributed by atoms with Gasteiger partial charge in [-0.2, -0.15) is 5.26 Å². The van der Waals surface area contributed by atoms with Gasteiger partial charge in [0.1, 0.15) is 18.9 Å². The van der Waals surface area contributed by atoms with Crippen molar-refractivity contribution in [3.63, 3.8) is 0 Å². The van der Waals surface area contributed by atoms with Crippen LogP contribution >= 0.6 is 43.6 Å². The molecule has 2 fully saturated rings. The number of carbonyl (C=O) groups is 3. The fourth-order valence-corrected chi connectivity index (χ4v) is 5.83. The zero-order valence-electron chi connectivity index (χ0n) is 18.3. The average Bonchev–Trinajstić information content (AvgIpc) is 3.11. The molecule has 2 saturated heterocycles. The Morgan fingerprint density at radius 3 is 2.54 bits per heavy atom. The number of hydrogen-bond acceptors (Lipinski definition) is 7. The zero-order chi connectivity index (χ0) is 24.9. The maximum absolute atomic E-state index is 12.8. The minimum atomic E-state index is -0.498. The van der Waals surface area contributed by atoms with Gasteiger partial charge in [0.05, 0.1) is 38.7 Å². The number of amides is 3. The number of carbonyl (C=O) groups excluding carboxylic acids is 3. The molecule has 2 aromatic carbocycles. The third-order valence-electron chi connectivity index (χ3n) is 5.36. The molecule has 0 N–H and O–H groups in total. The Bertz CT molecular complexity index is 1230. The first kappa shape index (κ1) is 25.4. The van der Waals surface area contributed by atoms with E-state index in [1.165, 1.54) is 0 Å². The van der Waals surface area contributed by atoms with Crippen molar-refractivity contribution in [2.75, 3.05) is 32.8 Å². The van der Waals surface area contributed by atoms with Crippen LogP contribution in [-0.2, 0) is 20.9 Å². The number of hydrogen-bond donors (Lipinski definition) is 0. The van der Waals surface area contributed by atoms with Crippen molar-refractivity contribution >= 4 is 66.8 Å². The Labute approximate surface area is 223 Å². The summed E-state index contributed by atoms with van der Waals surface area (Å²) in [5.41, 5.74) is 1.97. The van der Waals surface area contributed by atoms with Crippen molar-refractivity contribution in [3.05, 3.63) is 66.9 Å². The highest BCUT2D eigenvalue weighted by molar-refractivity contribution is 9.11. The number of imide groups is 1. The Balaban J connectivity index is 1.46. The molecule has 0 bridgehead atoms. The predicted octanol–water partition coefficient (Wildman–Crippen LogP) is 4.56. The lowest BCUT2D eigenvalue weighted by Gasteiger charge is -2.28. The minimum Gasteiger partial charge on any atom is -0.486 e. The van der Waals surface area contributed by atoms with Crippen LogP contribution in [0.3, 0.4) is 0 Å². The van der Waals surface area contributed by atoms with Gasteiger partial charge in [-0.1, -0.05) is 18.2 Å². The van der Waals surface area contributed by atoms with Crippen molar-refractivity contribution in [3.8, 4) is 11.8 Å². The molecule has 180 valence electrons. The topological polar surface area (TPSA) is 99.9 Å². The van der Waals surface area contributed by atoms with E-state index in [9.17, 15) is 19.6 Å². The molecule has 35 heavy (non-hydrogen) atoms. The smallest absolute Gasteiger partial charge is 0.294 e. The lowest BCUT2D eigenvalue weighted by Crippen LogP contribution is -2.46. The molecule has 4 rings (SSSR count). The van der Waals surface area contributed by atoms with Crippen LogP contribution in [0, 0.1) is 11.3 Å². The van der Waals surface area contributed by atoms with Crippen LogP contribution in [-0.4, -0.2) is 59.7 Å². The Morgan fingerprint density at radius 1 is 1.17 bits per heavy atom. The van der Waals surface area contributed by atoms with E-state index in [2.05, 4.69) is 37.9 Å². The number of thioether (sulfide) groups is 1. The van der Waals surface area contributed by atoms with E-state index < -0.39 is 11.1 Å². The number of nitriles is 1. The van der Waals surface area contributed by atoms with Gasteiger partial charge in [0.2, 0.25) is 5.91 Å². The molecule has 2 heterocycles. The lowest BCUT2D eigenvalue weighted by molar-refractivity contribution is -0.139. The minimum absolute atomic E-state index is 0.205. The summed E-state index contributed by atoms with van der Waals surface area (Å²) in [6.45, 7) is 1.71. The molecular weight excluding hydrogens is 602 g/mol. The number of benzene rings is 2. The number of morpholine rings is 1. The third kappa shape index (κ3) is 5.95. The maximum Gasteiger partial charge on any atom is 0.294 e. The van der Waals surface area contributed by atoms with Crippen LogP contribution < -0.4 is 4.74 Å². The molecule has 0 aliphatic carbocycles. The summed E-state index contributed by atoms with van der Waals surface area (Å²) >= 11 is 7.79. The fourth-order valence-electron chi connectivity index (χ4n) is 3.54. The van der Waals surface area contributed by atoms with Gasteiger partial charge in [-0.25, -0.2) is 0 Å². The first-order valence-electron chi connectivity index (χ1n) is 10.6. The molecule has 2 aliphatic rings. The summed E-state index contributed by atoms with van der Waals surface area (Å²) in [7, 11) is 0. The second kappa shape index (κ2) is 11.4. The molecule has 0 aromatic heterocycles. The van der Waals surface area contributed by atoms with E-state index in [-0.39, 0.29) is 24.0 Å². The summed E-state index contributed by atoms with van der Waals surface area (Å²) in [6, 6.07) is 12.9. The van der Waals surface area contributed by atoms with Crippen molar-refractivity contribution in [1.82, 2.24) is 9.80 Å². The molecule has 0 spiro atoms. The average molecular weight is 621 g/mol. The van der Waals surface area contributed by atoms with Crippen LogP contribution in [0.2, 0.25) is 0 Å². The first-order chi connectivity index (χ1) is 16.9. The molecule has 0 saturated carbocycles. The van der Waals surface area contributed by atoms with Gasteiger partial charge in [-0.3, -0.25) is 19.3 Å². The van der Waals surface area contributed by atoms with E-state index in [1.54, 1.807) is 35.2 Å². The summed E-state index contributed by atoms with van der Waals surface area (Å²) < 4.78 is 12.4. The second-order valence-corrected chi connectivity index (χ2v) is 10.3. The van der Waals surface area contributed by atoms with E-state index in [1.807, 2.05) is 12.1 Å². The van der Waals surface area contributed by atoms with Crippen molar-refractivity contribution in [1.29, 1.82) is 5.26 Å². The zero-order valence-corrected chi connectivity index (χ0v) is 22.3. The van der Waals surface area contributed by atoms with E-state index in [0.717, 1.165) is 22.2 Å². The van der Waals surface area contributed by atoms with Gasteiger partial charge in [0.15, 0.2) is 0 Å². The Morgan fingerprint density at radius 2 is 1.86 bits per heavy atom. The summed E-state index contributed by atoms with van der Waals surface area (Å²) in [6.07, 6.45) is 1.61. The number of nitrogens with zero attached hydrogens (tertiary/aromatic N) is 3. The molecule has 3 amide bonds. The van der Waals surface area contributed by atoms with Gasteiger partial charge in [0.25, 0.3) is 11.1 Å². The fraction of sp³-hybridized carbons (Fsp3) is 0.250. The second-order valence-electron chi connectivity index (χ2n) is 7.63. The number of ether oxygens (including phenoxy) is 2. The Hall–Kier alpha value is -2.65. The summed E-state index contributed by atoms with van der Waals surface area (Å²) in [5, 5.41) is 8.78. The van der Waals surface area contributed by atoms with Crippen molar-refractivity contribution in [2.24, 2.45) is 0 Å². The summed E-state index contributed by atoms with van der Waals surface area (Å²) in [5.74, 6) is -0.233. The molecule has 2 aliphatic heterocycles. The molecule has 11 heteroatoms. The van der Waals surface area contributed by atoms with Gasteiger partial charge in [-0.05, 0) is 73.5 Å². The first-order valence-corrected chi connectivity index (χ1v) is 13.0. The highest BCUT2D eigenvalue weighted by atomic mass is 79.9. The SMILES string of the molecule is N#Cc1ccccc1COc1c(Br)cc(/C=C2/SC(=O)N(CC(=O)N3CCOCC3)C2=O)cc1Br. The van der Waals surface area contributed by atoms with Crippen LogP contribution in [0.4, 0.5) is 4.79 Å². The van der Waals surface area contributed by atoms with E-state index >= 15 is 0 Å². The van der Waals surface area contributed by atoms with Crippen LogP contribution in [0.5, 0.6) is 5.75 Å². The maximum atomic E-state index is 12.8. The summed E-state index contributed by atoms with van der Waals surface area (Å²) in [4.78, 5) is 40.6. The van der Waals surface area contributed by atoms with Crippen molar-refractivity contribution in [2.45, 2.75) is 6.61 Å². The molecule has 2 aromatic rings. The molecule has 0 unspecified atom stereocenters. The predicted molar refractivity (Wildman–Crippen MR) is 137 cm³/mol. The van der Waals surface area contributed by atoms with E-state index in [4.69, 9.17) is 9.47 Å². The molecular formula is C24H19Br2N3O5S. The van der Waals surface area contributed by atoms with Crippen LogP contribution in [0.1, 0.15) is 16.7 Å². The van der Waals surface area contributed by atoms with Gasteiger partial charge in [0, 0.05) is 18.7 Å². The molecule has 0 radical (unpaired) electrons. The number of rotatable bonds is 6. The monoisotopic (exact) mass is 619 g/mol. The molecule has 0 atom stereocenters. The third-order valence-corrected chi connectivity index (χ3v) is 7.44. The Kier molecular flexibility index (Phi) is 8.28. The van der Waals surface area contributed by atoms with Crippen molar-refractivity contribution < 1.29 is 23.9 Å². The van der Waals surface area contributed by atoms with Gasteiger partial charge < -0.3 is 14.4 Å². The van der Waals surface area contributed by atoms with Gasteiger partial charge >= 0.3 is 0 Å². The largest absolute Gasteiger partial charge is 0.486 e. The van der Waals surface area contributed by atoms with Gasteiger partial charge in [-0.15, -0.1) is 0 Å². The normalized spacial score (nSPS) is 17.1. The highest BCUT2D eigenvalue weighted by Crippen LogP contribution is 2.38. The van der Waals surface area contributed by atoms with E-state index in [0.29, 0.717) is 52.1 Å². The molecule has 8 nitrogen and oxygen atoms in total. The number of halogens is 2. The van der Waals surface area contributed by atoms with Crippen LogP contribution in [0.25, 0.3) is 6.08 Å². The quantitative estimate of drug-likeness (QED) is 0.437. The highest BCUT2D eigenvalue weighted by Gasteiger charge is 2.37.